The molecule has 2 rings (SSSR count). The molecule has 1 fully saturated rings. The molecule has 1 unspecified atom stereocenters. The van der Waals surface area contributed by atoms with Crippen LogP contribution in [0.2, 0.25) is 0 Å². The van der Waals surface area contributed by atoms with E-state index < -0.39 is 0 Å². The first kappa shape index (κ1) is 13.1. The SMILES string of the molecule is COc1cccc(N2CCN(C(C)CN)CC2)n1. The molecule has 5 heteroatoms. The molecule has 0 saturated carbocycles. The number of hydrogen-bond acceptors (Lipinski definition) is 5. The van der Waals surface area contributed by atoms with Gasteiger partial charge < -0.3 is 15.4 Å². The third-order valence-electron chi connectivity index (χ3n) is 3.52. The van der Waals surface area contributed by atoms with Crippen LogP contribution < -0.4 is 15.4 Å². The molecule has 1 saturated heterocycles. The highest BCUT2D eigenvalue weighted by atomic mass is 16.5. The Morgan fingerprint density at radius 1 is 1.33 bits per heavy atom. The van der Waals surface area contributed by atoms with Crippen molar-refractivity contribution in [3.05, 3.63) is 18.2 Å². The lowest BCUT2D eigenvalue weighted by Gasteiger charge is -2.38. The minimum absolute atomic E-state index is 0.463. The van der Waals surface area contributed by atoms with Crippen molar-refractivity contribution in [1.82, 2.24) is 9.88 Å². The Morgan fingerprint density at radius 3 is 2.67 bits per heavy atom. The van der Waals surface area contributed by atoms with Gasteiger partial charge in [0, 0.05) is 44.8 Å². The average molecular weight is 250 g/mol. The molecule has 18 heavy (non-hydrogen) atoms. The Kier molecular flexibility index (Phi) is 4.38. The maximum atomic E-state index is 5.70. The van der Waals surface area contributed by atoms with Gasteiger partial charge in [-0.25, -0.2) is 0 Å². The fourth-order valence-electron chi connectivity index (χ4n) is 2.23. The maximum absolute atomic E-state index is 5.70. The van der Waals surface area contributed by atoms with Gasteiger partial charge in [0.05, 0.1) is 7.11 Å². The molecule has 5 nitrogen and oxygen atoms in total. The number of methoxy groups -OCH3 is 1. The van der Waals surface area contributed by atoms with Gasteiger partial charge in [-0.15, -0.1) is 0 Å². The zero-order valence-electron chi connectivity index (χ0n) is 11.2. The zero-order chi connectivity index (χ0) is 13.0. The highest BCUT2D eigenvalue weighted by Gasteiger charge is 2.21. The van der Waals surface area contributed by atoms with E-state index >= 15 is 0 Å². The second-order valence-corrected chi connectivity index (χ2v) is 4.65. The largest absolute Gasteiger partial charge is 0.481 e. The van der Waals surface area contributed by atoms with E-state index in [4.69, 9.17) is 10.5 Å². The van der Waals surface area contributed by atoms with Crippen molar-refractivity contribution >= 4 is 5.82 Å². The van der Waals surface area contributed by atoms with Gasteiger partial charge in [-0.2, -0.15) is 4.98 Å². The van der Waals surface area contributed by atoms with Gasteiger partial charge in [-0.05, 0) is 13.0 Å². The number of ether oxygens (including phenoxy) is 1. The molecule has 1 atom stereocenters. The van der Waals surface area contributed by atoms with E-state index in [0.717, 1.165) is 38.5 Å². The predicted molar refractivity (Wildman–Crippen MR) is 73.1 cm³/mol. The van der Waals surface area contributed by atoms with Crippen LogP contribution in [0.15, 0.2) is 18.2 Å². The van der Waals surface area contributed by atoms with Crippen LogP contribution in [-0.2, 0) is 0 Å². The molecule has 1 aliphatic rings. The summed E-state index contributed by atoms with van der Waals surface area (Å²) in [6.45, 7) is 6.96. The summed E-state index contributed by atoms with van der Waals surface area (Å²) in [5, 5.41) is 0. The number of nitrogens with zero attached hydrogens (tertiary/aromatic N) is 3. The van der Waals surface area contributed by atoms with Crippen molar-refractivity contribution in [2.75, 3.05) is 44.7 Å². The molecule has 0 amide bonds. The molecular formula is C13H22N4O. The van der Waals surface area contributed by atoms with Crippen LogP contribution in [-0.4, -0.2) is 55.8 Å². The summed E-state index contributed by atoms with van der Waals surface area (Å²) in [6.07, 6.45) is 0. The highest BCUT2D eigenvalue weighted by Crippen LogP contribution is 2.17. The van der Waals surface area contributed by atoms with Crippen molar-refractivity contribution in [3.8, 4) is 5.88 Å². The maximum Gasteiger partial charge on any atom is 0.214 e. The van der Waals surface area contributed by atoms with Crippen LogP contribution in [0.4, 0.5) is 5.82 Å². The van der Waals surface area contributed by atoms with Crippen molar-refractivity contribution in [1.29, 1.82) is 0 Å². The summed E-state index contributed by atoms with van der Waals surface area (Å²) < 4.78 is 5.16. The molecule has 0 aliphatic carbocycles. The van der Waals surface area contributed by atoms with Crippen molar-refractivity contribution < 1.29 is 4.74 Å². The number of anilines is 1. The Labute approximate surface area is 109 Å². The first-order valence-corrected chi connectivity index (χ1v) is 6.44. The minimum atomic E-state index is 0.463. The van der Waals surface area contributed by atoms with Crippen LogP contribution in [0, 0.1) is 0 Å². The predicted octanol–water partition coefficient (Wildman–Crippen LogP) is 0.559. The molecule has 0 aromatic carbocycles. The van der Waals surface area contributed by atoms with E-state index in [1.54, 1.807) is 7.11 Å². The summed E-state index contributed by atoms with van der Waals surface area (Å²) in [6, 6.07) is 6.35. The normalized spacial score (nSPS) is 18.7. The van der Waals surface area contributed by atoms with Crippen LogP contribution in [0.1, 0.15) is 6.92 Å². The first-order valence-electron chi connectivity index (χ1n) is 6.44. The van der Waals surface area contributed by atoms with Gasteiger partial charge >= 0.3 is 0 Å². The molecule has 100 valence electrons. The second-order valence-electron chi connectivity index (χ2n) is 4.65. The second kappa shape index (κ2) is 6.02. The summed E-state index contributed by atoms with van der Waals surface area (Å²) in [5.74, 6) is 1.67. The number of nitrogens with two attached hydrogens (primary N) is 1. The third-order valence-corrected chi connectivity index (χ3v) is 3.52. The number of pyridine rings is 1. The Balaban J connectivity index is 1.96. The summed E-state index contributed by atoms with van der Waals surface area (Å²) >= 11 is 0. The van der Waals surface area contributed by atoms with Crippen LogP contribution >= 0.6 is 0 Å². The van der Waals surface area contributed by atoms with Gasteiger partial charge in [0.25, 0.3) is 0 Å². The van der Waals surface area contributed by atoms with E-state index in [2.05, 4.69) is 21.7 Å². The van der Waals surface area contributed by atoms with Crippen LogP contribution in [0.3, 0.4) is 0 Å². The van der Waals surface area contributed by atoms with Crippen molar-refractivity contribution in [2.45, 2.75) is 13.0 Å². The number of rotatable bonds is 4. The summed E-state index contributed by atoms with van der Waals surface area (Å²) in [5.41, 5.74) is 5.70. The molecule has 0 spiro atoms. The minimum Gasteiger partial charge on any atom is -0.481 e. The van der Waals surface area contributed by atoms with Gasteiger partial charge in [0.1, 0.15) is 5.82 Å². The van der Waals surface area contributed by atoms with E-state index in [9.17, 15) is 0 Å². The highest BCUT2D eigenvalue weighted by molar-refractivity contribution is 5.41. The fourth-order valence-corrected chi connectivity index (χ4v) is 2.23. The van der Waals surface area contributed by atoms with Crippen molar-refractivity contribution in [2.24, 2.45) is 5.73 Å². The molecule has 0 radical (unpaired) electrons. The van der Waals surface area contributed by atoms with E-state index in [0.29, 0.717) is 11.9 Å². The smallest absolute Gasteiger partial charge is 0.214 e. The monoisotopic (exact) mass is 250 g/mol. The molecule has 2 heterocycles. The first-order chi connectivity index (χ1) is 8.74. The van der Waals surface area contributed by atoms with Crippen LogP contribution in [0.25, 0.3) is 0 Å². The lowest BCUT2D eigenvalue weighted by Crippen LogP contribution is -2.51. The van der Waals surface area contributed by atoms with E-state index in [-0.39, 0.29) is 0 Å². The lowest BCUT2D eigenvalue weighted by molar-refractivity contribution is 0.201. The Morgan fingerprint density at radius 2 is 2.06 bits per heavy atom. The van der Waals surface area contributed by atoms with E-state index in [1.165, 1.54) is 0 Å². The number of hydrogen-bond donors (Lipinski definition) is 1. The lowest BCUT2D eigenvalue weighted by atomic mass is 10.2. The van der Waals surface area contributed by atoms with E-state index in [1.807, 2.05) is 18.2 Å². The Bertz CT molecular complexity index is 377. The standard InChI is InChI=1S/C13H22N4O/c1-11(10-14)16-6-8-17(9-7-16)12-4-3-5-13(15-12)18-2/h3-5,11H,6-10,14H2,1-2H3. The quantitative estimate of drug-likeness (QED) is 0.846. The van der Waals surface area contributed by atoms with Gasteiger partial charge in [0.15, 0.2) is 0 Å². The van der Waals surface area contributed by atoms with Crippen LogP contribution in [0.5, 0.6) is 5.88 Å². The molecule has 2 N–H and O–H groups in total. The topological polar surface area (TPSA) is 54.6 Å². The molecule has 1 aliphatic heterocycles. The van der Waals surface area contributed by atoms with Gasteiger partial charge in [-0.1, -0.05) is 6.07 Å². The molecule has 0 bridgehead atoms. The van der Waals surface area contributed by atoms with Crippen molar-refractivity contribution in [3.63, 3.8) is 0 Å². The zero-order valence-corrected chi connectivity index (χ0v) is 11.2. The fraction of sp³-hybridized carbons (Fsp3) is 0.615. The summed E-state index contributed by atoms with van der Waals surface area (Å²) in [7, 11) is 1.65. The number of aromatic nitrogens is 1. The van der Waals surface area contributed by atoms with Gasteiger partial charge in [-0.3, -0.25) is 4.90 Å². The average Bonchev–Trinajstić information content (AvgIpc) is 2.46. The molecule has 1 aromatic rings. The molecule has 1 aromatic heterocycles. The van der Waals surface area contributed by atoms with Gasteiger partial charge in [0.2, 0.25) is 5.88 Å². The number of piperazine rings is 1. The third kappa shape index (κ3) is 2.91. The Hall–Kier alpha value is -1.33. The molecular weight excluding hydrogens is 228 g/mol. The summed E-state index contributed by atoms with van der Waals surface area (Å²) in [4.78, 5) is 9.19.